The molecule has 0 bridgehead atoms. The van der Waals surface area contributed by atoms with Crippen molar-refractivity contribution in [2.45, 2.75) is 0 Å². The van der Waals surface area contributed by atoms with Gasteiger partial charge in [0.25, 0.3) is 11.5 Å². The maximum absolute atomic E-state index is 13.2. The van der Waals surface area contributed by atoms with Crippen molar-refractivity contribution in [3.8, 4) is 23.1 Å². The quantitative estimate of drug-likeness (QED) is 0.519. The number of carbonyl (C=O) groups excluding carboxylic acids is 1. The molecule has 2 N–H and O–H groups in total. The van der Waals surface area contributed by atoms with Gasteiger partial charge in [0.05, 0.1) is 10.2 Å². The number of furan rings is 1. The molecule has 0 aliphatic rings. The van der Waals surface area contributed by atoms with Crippen LogP contribution < -0.4 is 20.5 Å². The number of rotatable bonds is 4. The van der Waals surface area contributed by atoms with Crippen LogP contribution in [0.15, 0.2) is 75.9 Å². The Bertz CT molecular complexity index is 1510. The number of amides is 1. The van der Waals surface area contributed by atoms with Crippen molar-refractivity contribution >= 4 is 40.5 Å². The number of thiazole rings is 1. The van der Waals surface area contributed by atoms with E-state index in [9.17, 15) is 14.9 Å². The van der Waals surface area contributed by atoms with Crippen LogP contribution in [0.2, 0.25) is 5.02 Å². The normalized spacial score (nSPS) is 12.5. The molecule has 0 fully saturated rings. The summed E-state index contributed by atoms with van der Waals surface area (Å²) in [6, 6.07) is 21.3. The second kappa shape index (κ2) is 8.48. The molecule has 0 saturated heterocycles. The lowest BCUT2D eigenvalue weighted by Gasteiger charge is -2.01. The maximum Gasteiger partial charge on any atom is 0.273 e. The van der Waals surface area contributed by atoms with Crippen molar-refractivity contribution in [3.63, 3.8) is 0 Å². The molecule has 0 saturated carbocycles. The van der Waals surface area contributed by atoms with Crippen molar-refractivity contribution in [3.05, 3.63) is 97.1 Å². The Kier molecular flexibility index (Phi) is 5.58. The van der Waals surface area contributed by atoms with E-state index in [0.717, 1.165) is 16.9 Å². The minimum absolute atomic E-state index is 0.166. The Balaban J connectivity index is 1.93. The standard InChI is InChI=1S/C23H14ClN3O3S/c24-15-6-4-5-14(11-15)19-10-9-17(30-19)12-20-22(29)27(16-7-2-1-3-8-16)23(31-20)18(13-25)21(26)28/h1-12H,(H2,26,28)/b20-12-,23-18-. The number of benzene rings is 2. The predicted octanol–water partition coefficient (Wildman–Crippen LogP) is 2.80. The van der Waals surface area contributed by atoms with E-state index >= 15 is 0 Å². The fourth-order valence-corrected chi connectivity index (χ4v) is 4.31. The molecule has 8 heteroatoms. The maximum atomic E-state index is 13.2. The molecule has 6 nitrogen and oxygen atoms in total. The number of hydrogen-bond donors (Lipinski definition) is 1. The lowest BCUT2D eigenvalue weighted by atomic mass is 10.2. The first kappa shape index (κ1) is 20.4. The Morgan fingerprint density at radius 2 is 1.90 bits per heavy atom. The van der Waals surface area contributed by atoms with Gasteiger partial charge in [-0.25, -0.2) is 0 Å². The highest BCUT2D eigenvalue weighted by molar-refractivity contribution is 7.07. The van der Waals surface area contributed by atoms with Crippen molar-refractivity contribution in [2.24, 2.45) is 5.73 Å². The van der Waals surface area contributed by atoms with Crippen LogP contribution in [-0.4, -0.2) is 10.5 Å². The Morgan fingerprint density at radius 3 is 2.58 bits per heavy atom. The number of nitrogens with zero attached hydrogens (tertiary/aromatic N) is 2. The van der Waals surface area contributed by atoms with E-state index in [1.807, 2.05) is 12.1 Å². The molecule has 0 spiro atoms. The van der Waals surface area contributed by atoms with Gasteiger partial charge < -0.3 is 10.2 Å². The van der Waals surface area contributed by atoms with Gasteiger partial charge in [-0.2, -0.15) is 5.26 Å². The second-order valence-electron chi connectivity index (χ2n) is 6.46. The van der Waals surface area contributed by atoms with Gasteiger partial charge in [-0.05, 0) is 36.4 Å². The van der Waals surface area contributed by atoms with Gasteiger partial charge in [-0.1, -0.05) is 41.9 Å². The number of para-hydroxylation sites is 1. The van der Waals surface area contributed by atoms with E-state index in [1.165, 1.54) is 4.57 Å². The largest absolute Gasteiger partial charge is 0.457 e. The molecule has 0 radical (unpaired) electrons. The summed E-state index contributed by atoms with van der Waals surface area (Å²) in [5, 5.41) is 10.0. The molecule has 0 atom stereocenters. The molecule has 4 aromatic rings. The topological polar surface area (TPSA) is 102 Å². The van der Waals surface area contributed by atoms with Crippen LogP contribution in [0.5, 0.6) is 0 Å². The summed E-state index contributed by atoms with van der Waals surface area (Å²) in [5.74, 6) is 0.134. The highest BCUT2D eigenvalue weighted by Crippen LogP contribution is 2.25. The zero-order chi connectivity index (χ0) is 22.0. The van der Waals surface area contributed by atoms with Gasteiger partial charge >= 0.3 is 0 Å². The fourth-order valence-electron chi connectivity index (χ4n) is 3.03. The molecule has 2 aromatic carbocycles. The predicted molar refractivity (Wildman–Crippen MR) is 120 cm³/mol. The molecule has 31 heavy (non-hydrogen) atoms. The average Bonchev–Trinajstić information content (AvgIpc) is 3.34. The average molecular weight is 448 g/mol. The molecule has 0 aliphatic carbocycles. The van der Waals surface area contributed by atoms with Crippen LogP contribution in [0, 0.1) is 11.3 Å². The van der Waals surface area contributed by atoms with Crippen molar-refractivity contribution < 1.29 is 9.21 Å². The first-order valence-electron chi connectivity index (χ1n) is 9.07. The number of halogens is 1. The van der Waals surface area contributed by atoms with E-state index < -0.39 is 5.91 Å². The second-order valence-corrected chi connectivity index (χ2v) is 7.92. The van der Waals surface area contributed by atoms with Gasteiger partial charge in [0.2, 0.25) is 0 Å². The molecule has 4 rings (SSSR count). The van der Waals surface area contributed by atoms with E-state index in [4.69, 9.17) is 21.8 Å². The number of nitriles is 1. The summed E-state index contributed by atoms with van der Waals surface area (Å²) in [5.41, 5.74) is 6.02. The summed E-state index contributed by atoms with van der Waals surface area (Å²) in [6.07, 6.45) is 1.57. The van der Waals surface area contributed by atoms with Gasteiger partial charge in [-0.3, -0.25) is 14.2 Å². The monoisotopic (exact) mass is 447 g/mol. The first-order chi connectivity index (χ1) is 15.0. The van der Waals surface area contributed by atoms with Crippen LogP contribution in [0.3, 0.4) is 0 Å². The third-order valence-corrected chi connectivity index (χ3v) is 5.75. The van der Waals surface area contributed by atoms with Crippen molar-refractivity contribution in [1.82, 2.24) is 4.57 Å². The number of nitrogens with two attached hydrogens (primary N) is 1. The number of hydrogen-bond acceptors (Lipinski definition) is 5. The van der Waals surface area contributed by atoms with Crippen LogP contribution >= 0.6 is 22.9 Å². The number of primary amides is 1. The van der Waals surface area contributed by atoms with Crippen LogP contribution in [0.25, 0.3) is 28.7 Å². The summed E-state index contributed by atoms with van der Waals surface area (Å²) in [6.45, 7) is 0. The van der Waals surface area contributed by atoms with Gasteiger partial charge in [-0.15, -0.1) is 11.3 Å². The van der Waals surface area contributed by atoms with Gasteiger partial charge in [0.15, 0.2) is 5.57 Å². The molecule has 1 amide bonds. The molecule has 2 aromatic heterocycles. The molecule has 0 unspecified atom stereocenters. The minimum Gasteiger partial charge on any atom is -0.457 e. The fraction of sp³-hybridized carbons (Fsp3) is 0. The minimum atomic E-state index is -0.902. The van der Waals surface area contributed by atoms with E-state index in [-0.39, 0.29) is 15.8 Å². The SMILES string of the molecule is N#C/C(C(N)=O)=c1/s/c(=C\c2ccc(-c3cccc(Cl)c3)o2)c(=O)n1-c1ccccc1. The molecule has 0 aliphatic heterocycles. The summed E-state index contributed by atoms with van der Waals surface area (Å²) < 4.78 is 7.62. The first-order valence-corrected chi connectivity index (χ1v) is 10.3. The lowest BCUT2D eigenvalue weighted by molar-refractivity contribution is -0.112. The Hall–Kier alpha value is -3.86. The molecular formula is C23H14ClN3O3S. The van der Waals surface area contributed by atoms with E-state index in [2.05, 4.69) is 0 Å². The highest BCUT2D eigenvalue weighted by Gasteiger charge is 2.15. The molecular weight excluding hydrogens is 434 g/mol. The van der Waals surface area contributed by atoms with Crippen molar-refractivity contribution in [2.75, 3.05) is 0 Å². The van der Waals surface area contributed by atoms with E-state index in [1.54, 1.807) is 66.7 Å². The molecule has 152 valence electrons. The number of carbonyl (C=O) groups is 1. The summed E-state index contributed by atoms with van der Waals surface area (Å²) in [4.78, 5) is 25.0. The Morgan fingerprint density at radius 1 is 1.13 bits per heavy atom. The zero-order valence-corrected chi connectivity index (χ0v) is 17.5. The third kappa shape index (κ3) is 4.08. The smallest absolute Gasteiger partial charge is 0.273 e. The van der Waals surface area contributed by atoms with Crippen molar-refractivity contribution in [1.29, 1.82) is 5.26 Å². The van der Waals surface area contributed by atoms with Gasteiger partial charge in [0.1, 0.15) is 22.3 Å². The van der Waals surface area contributed by atoms with Crippen LogP contribution in [0.1, 0.15) is 5.76 Å². The summed E-state index contributed by atoms with van der Waals surface area (Å²) in [7, 11) is 0. The van der Waals surface area contributed by atoms with Crippen LogP contribution in [0.4, 0.5) is 0 Å². The lowest BCUT2D eigenvalue weighted by Crippen LogP contribution is -2.32. The van der Waals surface area contributed by atoms with Crippen LogP contribution in [-0.2, 0) is 4.79 Å². The van der Waals surface area contributed by atoms with E-state index in [0.29, 0.717) is 26.8 Å². The van der Waals surface area contributed by atoms with Gasteiger partial charge in [0, 0.05) is 16.7 Å². The highest BCUT2D eigenvalue weighted by atomic mass is 35.5. The summed E-state index contributed by atoms with van der Waals surface area (Å²) >= 11 is 7.04. The Labute approximate surface area is 185 Å². The zero-order valence-electron chi connectivity index (χ0n) is 15.9. The molecule has 2 heterocycles. The number of aromatic nitrogens is 1. The third-order valence-electron chi connectivity index (χ3n) is 4.42.